The number of rotatable bonds is 3. The summed E-state index contributed by atoms with van der Waals surface area (Å²) in [6, 6.07) is 9.52. The monoisotopic (exact) mass is 333 g/mol. The molecule has 0 aromatic heterocycles. The van der Waals surface area contributed by atoms with Gasteiger partial charge >= 0.3 is 0 Å². The number of aldehydes is 1. The van der Waals surface area contributed by atoms with Gasteiger partial charge in [0, 0.05) is 40.3 Å². The van der Waals surface area contributed by atoms with Crippen molar-refractivity contribution in [1.29, 1.82) is 0 Å². The molecule has 1 saturated heterocycles. The molecule has 0 bridgehead atoms. The Labute approximate surface area is 140 Å². The first kappa shape index (κ1) is 15.4. The van der Waals surface area contributed by atoms with Crippen LogP contribution in [0.3, 0.4) is 0 Å². The molecule has 0 amide bonds. The maximum atomic E-state index is 10.9. The maximum absolute atomic E-state index is 10.9. The minimum absolute atomic E-state index is 0.353. The predicted molar refractivity (Wildman–Crippen MR) is 92.7 cm³/mol. The van der Waals surface area contributed by atoms with Crippen molar-refractivity contribution in [2.45, 2.75) is 19.8 Å². The van der Waals surface area contributed by atoms with Crippen LogP contribution in [-0.4, -0.2) is 19.4 Å². The highest BCUT2D eigenvalue weighted by Crippen LogP contribution is 2.40. The van der Waals surface area contributed by atoms with Crippen LogP contribution in [0.25, 0.3) is 0 Å². The van der Waals surface area contributed by atoms with E-state index in [9.17, 15) is 4.79 Å². The zero-order valence-corrected chi connectivity index (χ0v) is 14.1. The molecule has 2 aromatic rings. The molecule has 0 spiro atoms. The van der Waals surface area contributed by atoms with Crippen LogP contribution in [0.2, 0.25) is 10.0 Å². The third-order valence-corrected chi connectivity index (χ3v) is 4.91. The third-order valence-electron chi connectivity index (χ3n) is 4.26. The number of carbonyl (C=O) groups is 1. The SMILES string of the molecule is Cc1cc(C=O)cc(C)c1N1CC(c2c(Cl)cccc2Cl)C1. The van der Waals surface area contributed by atoms with Gasteiger partial charge in [-0.15, -0.1) is 0 Å². The summed E-state index contributed by atoms with van der Waals surface area (Å²) in [5.41, 5.74) is 5.24. The van der Waals surface area contributed by atoms with Crippen LogP contribution >= 0.6 is 23.2 Å². The zero-order valence-electron chi connectivity index (χ0n) is 12.6. The highest BCUT2D eigenvalue weighted by Gasteiger charge is 2.32. The molecule has 1 fully saturated rings. The van der Waals surface area contributed by atoms with Gasteiger partial charge in [-0.3, -0.25) is 4.79 Å². The highest BCUT2D eigenvalue weighted by atomic mass is 35.5. The van der Waals surface area contributed by atoms with Gasteiger partial charge in [0.25, 0.3) is 0 Å². The lowest BCUT2D eigenvalue weighted by Crippen LogP contribution is -2.46. The summed E-state index contributed by atoms with van der Waals surface area (Å²) in [4.78, 5) is 13.3. The maximum Gasteiger partial charge on any atom is 0.150 e. The minimum atomic E-state index is 0.353. The molecule has 0 atom stereocenters. The van der Waals surface area contributed by atoms with Crippen molar-refractivity contribution < 1.29 is 4.79 Å². The molecule has 4 heteroatoms. The van der Waals surface area contributed by atoms with Gasteiger partial charge < -0.3 is 4.90 Å². The highest BCUT2D eigenvalue weighted by molar-refractivity contribution is 6.36. The molecule has 2 aromatic carbocycles. The average Bonchev–Trinajstić information content (AvgIpc) is 2.42. The van der Waals surface area contributed by atoms with E-state index in [1.54, 1.807) is 0 Å². The van der Waals surface area contributed by atoms with E-state index in [0.29, 0.717) is 5.92 Å². The first-order chi connectivity index (χ1) is 10.5. The molecule has 0 unspecified atom stereocenters. The molecule has 2 nitrogen and oxygen atoms in total. The van der Waals surface area contributed by atoms with Gasteiger partial charge in [0.15, 0.2) is 0 Å². The van der Waals surface area contributed by atoms with Crippen molar-refractivity contribution >= 4 is 35.2 Å². The van der Waals surface area contributed by atoms with Crippen LogP contribution < -0.4 is 4.90 Å². The van der Waals surface area contributed by atoms with E-state index in [1.807, 2.05) is 44.2 Å². The van der Waals surface area contributed by atoms with Crippen LogP contribution in [0.1, 0.15) is 33.0 Å². The summed E-state index contributed by atoms with van der Waals surface area (Å²) >= 11 is 12.6. The van der Waals surface area contributed by atoms with Crippen LogP contribution in [-0.2, 0) is 0 Å². The van der Waals surface area contributed by atoms with E-state index < -0.39 is 0 Å². The molecule has 1 aliphatic rings. The molecular formula is C18H17Cl2NO. The molecule has 0 aliphatic carbocycles. The second kappa shape index (κ2) is 5.94. The molecule has 22 heavy (non-hydrogen) atoms. The Morgan fingerprint density at radius 2 is 1.64 bits per heavy atom. The van der Waals surface area contributed by atoms with Gasteiger partial charge in [-0.25, -0.2) is 0 Å². The summed E-state index contributed by atoms with van der Waals surface area (Å²) in [5, 5.41) is 1.48. The molecule has 0 radical (unpaired) electrons. The fourth-order valence-electron chi connectivity index (χ4n) is 3.30. The lowest BCUT2D eigenvalue weighted by molar-refractivity contribution is 0.112. The molecule has 0 N–H and O–H groups in total. The summed E-state index contributed by atoms with van der Waals surface area (Å²) in [6.45, 7) is 5.88. The molecule has 114 valence electrons. The Morgan fingerprint density at radius 1 is 1.09 bits per heavy atom. The van der Waals surface area contributed by atoms with Gasteiger partial charge in [0.05, 0.1) is 0 Å². The fraction of sp³-hybridized carbons (Fsp3) is 0.278. The zero-order chi connectivity index (χ0) is 15.9. The first-order valence-electron chi connectivity index (χ1n) is 7.26. The number of carbonyl (C=O) groups excluding carboxylic acids is 1. The molecule has 1 heterocycles. The number of hydrogen-bond acceptors (Lipinski definition) is 2. The summed E-state index contributed by atoms with van der Waals surface area (Å²) in [6.07, 6.45) is 0.895. The summed E-state index contributed by atoms with van der Waals surface area (Å²) < 4.78 is 0. The van der Waals surface area contributed by atoms with E-state index in [1.165, 1.54) is 5.69 Å². The summed E-state index contributed by atoms with van der Waals surface area (Å²) in [7, 11) is 0. The molecule has 3 rings (SSSR count). The predicted octanol–water partition coefficient (Wildman–Crippen LogP) is 5.03. The van der Waals surface area contributed by atoms with Crippen molar-refractivity contribution in [3.8, 4) is 0 Å². The van der Waals surface area contributed by atoms with E-state index in [-0.39, 0.29) is 0 Å². The number of benzene rings is 2. The van der Waals surface area contributed by atoms with Gasteiger partial charge in [0.2, 0.25) is 0 Å². The lowest BCUT2D eigenvalue weighted by Gasteiger charge is -2.43. The van der Waals surface area contributed by atoms with E-state index in [0.717, 1.165) is 51.7 Å². The lowest BCUT2D eigenvalue weighted by atomic mass is 9.89. The number of halogens is 2. The molecule has 1 aliphatic heterocycles. The van der Waals surface area contributed by atoms with Crippen molar-refractivity contribution in [2.75, 3.05) is 18.0 Å². The fourth-order valence-corrected chi connectivity index (χ4v) is 4.01. The Morgan fingerprint density at radius 3 is 2.14 bits per heavy atom. The van der Waals surface area contributed by atoms with Gasteiger partial charge in [-0.1, -0.05) is 29.3 Å². The van der Waals surface area contributed by atoms with Crippen LogP contribution in [0, 0.1) is 13.8 Å². The van der Waals surface area contributed by atoms with Crippen LogP contribution in [0.15, 0.2) is 30.3 Å². The third kappa shape index (κ3) is 2.62. The summed E-state index contributed by atoms with van der Waals surface area (Å²) in [5.74, 6) is 0.353. The second-order valence-corrected chi connectivity index (χ2v) is 6.67. The quantitative estimate of drug-likeness (QED) is 0.734. The molecular weight excluding hydrogens is 317 g/mol. The van der Waals surface area contributed by atoms with E-state index >= 15 is 0 Å². The Balaban J connectivity index is 1.84. The van der Waals surface area contributed by atoms with Crippen molar-refractivity contribution in [1.82, 2.24) is 0 Å². The normalized spacial score (nSPS) is 14.8. The Hall–Kier alpha value is -1.51. The standard InChI is InChI=1S/C18H17Cl2NO/c1-11-6-13(10-22)7-12(2)18(11)21-8-14(9-21)17-15(19)4-3-5-16(17)20/h3-7,10,14H,8-9H2,1-2H3. The van der Waals surface area contributed by atoms with Crippen molar-refractivity contribution in [3.05, 3.63) is 62.6 Å². The number of aryl methyl sites for hydroxylation is 2. The number of hydrogen-bond donors (Lipinski definition) is 0. The smallest absolute Gasteiger partial charge is 0.150 e. The Bertz CT molecular complexity index is 693. The second-order valence-electron chi connectivity index (χ2n) is 5.86. The van der Waals surface area contributed by atoms with Crippen molar-refractivity contribution in [2.24, 2.45) is 0 Å². The van der Waals surface area contributed by atoms with E-state index in [4.69, 9.17) is 23.2 Å². The van der Waals surface area contributed by atoms with Crippen LogP contribution in [0.5, 0.6) is 0 Å². The van der Waals surface area contributed by atoms with Gasteiger partial charge in [0.1, 0.15) is 6.29 Å². The van der Waals surface area contributed by atoms with Gasteiger partial charge in [-0.05, 0) is 54.8 Å². The van der Waals surface area contributed by atoms with Crippen LogP contribution in [0.4, 0.5) is 5.69 Å². The number of nitrogens with zero attached hydrogens (tertiary/aromatic N) is 1. The number of anilines is 1. The van der Waals surface area contributed by atoms with Gasteiger partial charge in [-0.2, -0.15) is 0 Å². The largest absolute Gasteiger partial charge is 0.370 e. The molecule has 0 saturated carbocycles. The minimum Gasteiger partial charge on any atom is -0.370 e. The van der Waals surface area contributed by atoms with Crippen molar-refractivity contribution in [3.63, 3.8) is 0 Å². The Kier molecular flexibility index (Phi) is 4.16. The average molecular weight is 334 g/mol. The topological polar surface area (TPSA) is 20.3 Å². The van der Waals surface area contributed by atoms with E-state index in [2.05, 4.69) is 4.90 Å². The first-order valence-corrected chi connectivity index (χ1v) is 8.02.